The normalized spacial score (nSPS) is 12.4. The summed E-state index contributed by atoms with van der Waals surface area (Å²) >= 11 is 0. The third-order valence-corrected chi connectivity index (χ3v) is 2.02. The monoisotopic (exact) mass is 252 g/mol. The van der Waals surface area contributed by atoms with Crippen molar-refractivity contribution in [2.45, 2.75) is 12.1 Å². The summed E-state index contributed by atoms with van der Waals surface area (Å²) in [6.45, 7) is 0. The minimum absolute atomic E-state index is 0.451. The van der Waals surface area contributed by atoms with E-state index in [0.29, 0.717) is 12.1 Å². The number of rotatable bonds is 2. The quantitative estimate of drug-likeness (QED) is 0.804. The molecule has 2 nitrogen and oxygen atoms in total. The fourth-order valence-corrected chi connectivity index (χ4v) is 1.22. The third kappa shape index (κ3) is 2.54. The number of likely N-dealkylation sites (N-methyl/N-ethyl adjacent to an activating group) is 1. The number of benzene rings is 1. The first-order valence-corrected chi connectivity index (χ1v) is 4.39. The van der Waals surface area contributed by atoms with Crippen molar-refractivity contribution in [3.63, 3.8) is 0 Å². The van der Waals surface area contributed by atoms with E-state index in [2.05, 4.69) is 6.07 Å². The molecule has 0 heterocycles. The van der Waals surface area contributed by atoms with Gasteiger partial charge in [-0.1, -0.05) is 6.07 Å². The number of carbonyl (C=O) groups excluding carboxylic acids is 1. The Kier molecular flexibility index (Phi) is 3.40. The van der Waals surface area contributed by atoms with Crippen molar-refractivity contribution >= 4 is 5.91 Å². The van der Waals surface area contributed by atoms with Gasteiger partial charge in [0, 0.05) is 12.6 Å². The molecule has 0 bridgehead atoms. The van der Waals surface area contributed by atoms with E-state index in [4.69, 9.17) is 0 Å². The molecule has 1 amide bonds. The standard InChI is InChI=1S/C10H7F5NO/c1-16-8(17)9(11,12)6-4-2-3-5-7(6)10(13,14)15/h3-5H,1H3,(H,16,17). The topological polar surface area (TPSA) is 29.1 Å². The van der Waals surface area contributed by atoms with Crippen molar-refractivity contribution < 1.29 is 26.7 Å². The Bertz CT molecular complexity index is 427. The van der Waals surface area contributed by atoms with Gasteiger partial charge in [0.1, 0.15) is 0 Å². The van der Waals surface area contributed by atoms with Crippen LogP contribution in [0.2, 0.25) is 0 Å². The lowest BCUT2D eigenvalue weighted by Crippen LogP contribution is -2.37. The van der Waals surface area contributed by atoms with Crippen molar-refractivity contribution in [2.75, 3.05) is 7.05 Å². The lowest BCUT2D eigenvalue weighted by atomic mass is 10.0. The second kappa shape index (κ2) is 4.31. The third-order valence-electron chi connectivity index (χ3n) is 2.02. The van der Waals surface area contributed by atoms with Gasteiger partial charge in [-0.05, 0) is 18.2 Å². The van der Waals surface area contributed by atoms with Crippen LogP contribution < -0.4 is 5.32 Å². The Morgan fingerprint density at radius 2 is 1.82 bits per heavy atom. The SMILES string of the molecule is CNC(=O)C(F)(F)c1c[c]ccc1C(F)(F)F. The van der Waals surface area contributed by atoms with Crippen LogP contribution >= 0.6 is 0 Å². The van der Waals surface area contributed by atoms with Crippen LogP contribution in [-0.2, 0) is 16.9 Å². The molecule has 93 valence electrons. The number of carbonyl (C=O) groups is 1. The first-order valence-electron chi connectivity index (χ1n) is 4.39. The molecule has 0 aliphatic heterocycles. The summed E-state index contributed by atoms with van der Waals surface area (Å²) < 4.78 is 64.2. The van der Waals surface area contributed by atoms with Gasteiger partial charge in [-0.15, -0.1) is 0 Å². The molecule has 1 radical (unpaired) electrons. The van der Waals surface area contributed by atoms with Gasteiger partial charge in [0.25, 0.3) is 5.91 Å². The number of hydrogen-bond donors (Lipinski definition) is 1. The van der Waals surface area contributed by atoms with Crippen LogP contribution in [-0.4, -0.2) is 13.0 Å². The van der Waals surface area contributed by atoms with E-state index < -0.39 is 29.1 Å². The average molecular weight is 252 g/mol. The minimum atomic E-state index is -4.96. The van der Waals surface area contributed by atoms with Crippen LogP contribution in [0.5, 0.6) is 0 Å². The zero-order valence-electron chi connectivity index (χ0n) is 8.53. The number of amides is 1. The molecule has 1 aromatic carbocycles. The van der Waals surface area contributed by atoms with E-state index in [0.717, 1.165) is 13.1 Å². The molecule has 0 aliphatic rings. The van der Waals surface area contributed by atoms with E-state index in [1.165, 1.54) is 0 Å². The number of nitrogens with one attached hydrogen (secondary N) is 1. The van der Waals surface area contributed by atoms with Crippen LogP contribution in [0.15, 0.2) is 18.2 Å². The van der Waals surface area contributed by atoms with Crippen LogP contribution in [0.25, 0.3) is 0 Å². The zero-order chi connectivity index (χ0) is 13.3. The smallest absolute Gasteiger partial charge is 0.354 e. The molecule has 0 aliphatic carbocycles. The first-order chi connectivity index (χ1) is 7.71. The van der Waals surface area contributed by atoms with Gasteiger partial charge in [0.05, 0.1) is 5.56 Å². The molecule has 0 saturated heterocycles. The highest BCUT2D eigenvalue weighted by Crippen LogP contribution is 2.39. The van der Waals surface area contributed by atoms with Crippen molar-refractivity contribution in [1.82, 2.24) is 5.32 Å². The van der Waals surface area contributed by atoms with E-state index in [-0.39, 0.29) is 0 Å². The van der Waals surface area contributed by atoms with Gasteiger partial charge in [0.2, 0.25) is 0 Å². The second-order valence-corrected chi connectivity index (χ2v) is 3.12. The molecule has 1 N–H and O–H groups in total. The molecule has 0 aromatic heterocycles. The highest BCUT2D eigenvalue weighted by Gasteiger charge is 2.47. The summed E-state index contributed by atoms with van der Waals surface area (Å²) in [4.78, 5) is 10.9. The van der Waals surface area contributed by atoms with Gasteiger partial charge in [-0.25, -0.2) is 0 Å². The predicted octanol–water partition coefficient (Wildman–Crippen LogP) is 2.34. The van der Waals surface area contributed by atoms with E-state index in [1.54, 1.807) is 5.32 Å². The summed E-state index contributed by atoms with van der Waals surface area (Å²) in [5.41, 5.74) is -2.96. The predicted molar refractivity (Wildman–Crippen MR) is 48.2 cm³/mol. The Morgan fingerprint density at radius 1 is 1.24 bits per heavy atom. The summed E-state index contributed by atoms with van der Waals surface area (Å²) in [7, 11) is 0.913. The number of halogens is 5. The van der Waals surface area contributed by atoms with E-state index in [1.807, 2.05) is 0 Å². The molecule has 0 spiro atoms. The van der Waals surface area contributed by atoms with Crippen molar-refractivity contribution in [3.05, 3.63) is 35.4 Å². The summed E-state index contributed by atoms with van der Waals surface area (Å²) in [6.07, 6.45) is -4.96. The molecule has 0 unspecified atom stereocenters. The highest BCUT2D eigenvalue weighted by molar-refractivity contribution is 5.84. The zero-order valence-corrected chi connectivity index (χ0v) is 8.53. The molecule has 0 fully saturated rings. The lowest BCUT2D eigenvalue weighted by Gasteiger charge is -2.19. The van der Waals surface area contributed by atoms with Gasteiger partial charge in [-0.2, -0.15) is 22.0 Å². The maximum Gasteiger partial charge on any atom is 0.416 e. The molecule has 17 heavy (non-hydrogen) atoms. The number of alkyl halides is 5. The largest absolute Gasteiger partial charge is 0.416 e. The summed E-state index contributed by atoms with van der Waals surface area (Å²) in [5.74, 6) is -6.06. The van der Waals surface area contributed by atoms with Gasteiger partial charge in [-0.3, -0.25) is 4.79 Å². The fraction of sp³-hybridized carbons (Fsp3) is 0.300. The Hall–Kier alpha value is -1.66. The molecule has 0 saturated carbocycles. The number of hydrogen-bond acceptors (Lipinski definition) is 1. The summed E-state index contributed by atoms with van der Waals surface area (Å²) in [5, 5.41) is 1.61. The molecule has 0 atom stereocenters. The Balaban J connectivity index is 3.37. The molecule has 7 heteroatoms. The van der Waals surface area contributed by atoms with E-state index >= 15 is 0 Å². The molecular formula is C10H7F5NO. The highest BCUT2D eigenvalue weighted by atomic mass is 19.4. The van der Waals surface area contributed by atoms with Crippen LogP contribution in [0, 0.1) is 6.07 Å². The Labute approximate surface area is 93.4 Å². The molecular weight excluding hydrogens is 245 g/mol. The second-order valence-electron chi connectivity index (χ2n) is 3.12. The maximum absolute atomic E-state index is 13.4. The molecule has 1 rings (SSSR count). The van der Waals surface area contributed by atoms with Gasteiger partial charge >= 0.3 is 12.1 Å². The van der Waals surface area contributed by atoms with E-state index in [9.17, 15) is 26.7 Å². The van der Waals surface area contributed by atoms with Gasteiger partial charge in [0.15, 0.2) is 0 Å². The lowest BCUT2D eigenvalue weighted by molar-refractivity contribution is -0.152. The van der Waals surface area contributed by atoms with Crippen LogP contribution in [0.4, 0.5) is 22.0 Å². The van der Waals surface area contributed by atoms with Crippen LogP contribution in [0.1, 0.15) is 11.1 Å². The van der Waals surface area contributed by atoms with Crippen molar-refractivity contribution in [3.8, 4) is 0 Å². The Morgan fingerprint density at radius 3 is 2.29 bits per heavy atom. The summed E-state index contributed by atoms with van der Waals surface area (Å²) in [6, 6.07) is 3.86. The maximum atomic E-state index is 13.4. The minimum Gasteiger partial charge on any atom is -0.354 e. The fourth-order valence-electron chi connectivity index (χ4n) is 1.22. The average Bonchev–Trinajstić information content (AvgIpc) is 2.26. The van der Waals surface area contributed by atoms with Crippen molar-refractivity contribution in [2.24, 2.45) is 0 Å². The first kappa shape index (κ1) is 13.4. The van der Waals surface area contributed by atoms with Crippen molar-refractivity contribution in [1.29, 1.82) is 0 Å². The van der Waals surface area contributed by atoms with Crippen LogP contribution in [0.3, 0.4) is 0 Å². The molecule has 1 aromatic rings. The van der Waals surface area contributed by atoms with Gasteiger partial charge < -0.3 is 5.32 Å².